The number of nitrogens with zero attached hydrogens (tertiary/aromatic N) is 2. The Hall–Kier alpha value is -1.02. The molecule has 0 atom stereocenters. The molecule has 0 saturated heterocycles. The second kappa shape index (κ2) is 63.7. The Balaban J connectivity index is -0.0000000233. The molecule has 0 bridgehead atoms. The van der Waals surface area contributed by atoms with Crippen LogP contribution in [0, 0.1) is 13.1 Å². The normalized spacial score (nSPS) is 3.11. The maximum absolute atomic E-state index is 6.08. The van der Waals surface area contributed by atoms with Crippen molar-refractivity contribution in [1.82, 2.24) is 0 Å². The van der Waals surface area contributed by atoms with Crippen LogP contribution in [0.25, 0.3) is 9.69 Å². The van der Waals surface area contributed by atoms with E-state index in [0.717, 1.165) is 0 Å². The molecular weight excluding hydrogens is 112 g/mol. The molecule has 0 aromatic carbocycles. The fourth-order valence-corrected chi connectivity index (χ4v) is 0. The Morgan fingerprint density at radius 2 is 1.33 bits per heavy atom. The summed E-state index contributed by atoms with van der Waals surface area (Å²) in [7, 11) is 1.42. The summed E-state index contributed by atoms with van der Waals surface area (Å²) in [5, 5.41) is 0. The monoisotopic (exact) mass is 128 g/mol. The van der Waals surface area contributed by atoms with Gasteiger partial charge in [0.15, 0.2) is 0 Å². The molecule has 0 N–H and O–H groups in total. The Bertz CT molecular complexity index is 84.1. The molecule has 54 valence electrons. The highest BCUT2D eigenvalue weighted by molar-refractivity contribution is 4.47. The molecule has 0 aromatic heterocycles. The minimum Gasteiger partial charge on any atom is -0.320 e. The molecule has 2 nitrogen and oxygen atoms in total. The average molecular weight is 128 g/mol. The number of hydrogen-bond acceptors (Lipinski definition) is 0. The van der Waals surface area contributed by atoms with E-state index in [0.29, 0.717) is 6.54 Å². The topological polar surface area (TPSA) is 8.72 Å². The summed E-state index contributed by atoms with van der Waals surface area (Å²) in [6.07, 6.45) is 0. The summed E-state index contributed by atoms with van der Waals surface area (Å²) in [6.45, 7) is 14.3. The molecule has 0 unspecified atom stereocenters. The minimum atomic E-state index is 0. The van der Waals surface area contributed by atoms with E-state index in [1.54, 1.807) is 0 Å². The average Bonchev–Trinajstić information content (AvgIpc) is 1.69. The van der Waals surface area contributed by atoms with Gasteiger partial charge in [-0.25, -0.2) is 13.1 Å². The zero-order valence-electron chi connectivity index (χ0n) is 4.60. The molecule has 0 heterocycles. The highest BCUT2D eigenvalue weighted by Gasteiger charge is 1.50. The SMILES string of the molecule is C.C.[C-]#[N+]C.[C-]#[N+]CC. The molecule has 0 spiro atoms. The van der Waals surface area contributed by atoms with Gasteiger partial charge < -0.3 is 9.69 Å². The predicted molar refractivity (Wildman–Crippen MR) is 43.1 cm³/mol. The smallest absolute Gasteiger partial charge is 0.211 e. The summed E-state index contributed by atoms with van der Waals surface area (Å²) < 4.78 is 0. The molecule has 0 aliphatic carbocycles. The minimum absolute atomic E-state index is 0. The zero-order valence-corrected chi connectivity index (χ0v) is 4.60. The van der Waals surface area contributed by atoms with Crippen molar-refractivity contribution in [1.29, 1.82) is 0 Å². The lowest BCUT2D eigenvalue weighted by molar-refractivity contribution is 1.35. The van der Waals surface area contributed by atoms with E-state index < -0.39 is 0 Å². The van der Waals surface area contributed by atoms with Gasteiger partial charge in [0.05, 0.1) is 0 Å². The molecule has 0 saturated carbocycles. The fraction of sp³-hybridized carbons (Fsp3) is 0.714. The van der Waals surface area contributed by atoms with Gasteiger partial charge >= 0.3 is 0 Å². The lowest BCUT2D eigenvalue weighted by atomic mass is 10.8. The molecule has 0 fully saturated rings. The van der Waals surface area contributed by atoms with Gasteiger partial charge in [0, 0.05) is 6.92 Å². The van der Waals surface area contributed by atoms with Crippen LogP contribution in [-0.4, -0.2) is 13.6 Å². The van der Waals surface area contributed by atoms with Crippen LogP contribution in [0.3, 0.4) is 0 Å². The molecule has 0 amide bonds. The molecule has 2 heteroatoms. The Labute approximate surface area is 59.2 Å². The first kappa shape index (κ1) is 24.5. The second-order valence-corrected chi connectivity index (χ2v) is 0.698. The Morgan fingerprint density at radius 1 is 1.22 bits per heavy atom. The van der Waals surface area contributed by atoms with Crippen LogP contribution in [0.5, 0.6) is 0 Å². The van der Waals surface area contributed by atoms with Crippen LogP contribution < -0.4 is 0 Å². The third kappa shape index (κ3) is 433000. The predicted octanol–water partition coefficient (Wildman–Crippen LogP) is 2.73. The maximum Gasteiger partial charge on any atom is 0.211 e. The third-order valence-corrected chi connectivity index (χ3v) is 0.158. The first-order valence-corrected chi connectivity index (χ1v) is 1.92. The maximum atomic E-state index is 6.08. The van der Waals surface area contributed by atoms with Crippen LogP contribution in [0.15, 0.2) is 0 Å². The van der Waals surface area contributed by atoms with E-state index in [2.05, 4.69) is 9.69 Å². The van der Waals surface area contributed by atoms with E-state index in [1.165, 1.54) is 7.05 Å². The van der Waals surface area contributed by atoms with Gasteiger partial charge in [0.2, 0.25) is 13.6 Å². The lowest BCUT2D eigenvalue weighted by Gasteiger charge is -1.51. The van der Waals surface area contributed by atoms with Crippen molar-refractivity contribution in [3.05, 3.63) is 22.8 Å². The molecule has 0 aliphatic rings. The third-order valence-electron chi connectivity index (χ3n) is 0.158. The van der Waals surface area contributed by atoms with E-state index in [1.807, 2.05) is 6.92 Å². The molecule has 0 aliphatic heterocycles. The summed E-state index contributed by atoms with van der Waals surface area (Å²) in [5.41, 5.74) is 0. The summed E-state index contributed by atoms with van der Waals surface area (Å²) in [6, 6.07) is 0. The highest BCUT2D eigenvalue weighted by atomic mass is 14.6. The lowest BCUT2D eigenvalue weighted by Crippen LogP contribution is -1.47. The van der Waals surface area contributed by atoms with Crippen molar-refractivity contribution in [3.8, 4) is 0 Å². The standard InChI is InChI=1S/C3H5N.C2H3N.2CH4/c1-3-4-2;1-3-2;;/h3H2,1H3;1H3;2*1H4. The largest absolute Gasteiger partial charge is 0.320 e. The zero-order chi connectivity index (χ0) is 6.12. The molecular formula is C7H16N2. The number of hydrogen-bond donors (Lipinski definition) is 0. The van der Waals surface area contributed by atoms with Gasteiger partial charge in [0.1, 0.15) is 0 Å². The highest BCUT2D eigenvalue weighted by Crippen LogP contribution is 1.52. The van der Waals surface area contributed by atoms with Crippen molar-refractivity contribution in [2.24, 2.45) is 0 Å². The van der Waals surface area contributed by atoms with Crippen molar-refractivity contribution >= 4 is 0 Å². The first-order valence-electron chi connectivity index (χ1n) is 1.92. The first-order chi connectivity index (χ1) is 3.33. The van der Waals surface area contributed by atoms with Gasteiger partial charge in [-0.3, -0.25) is 0 Å². The second-order valence-electron chi connectivity index (χ2n) is 0.698. The fourth-order valence-electron chi connectivity index (χ4n) is 0. The van der Waals surface area contributed by atoms with E-state index >= 15 is 0 Å². The summed E-state index contributed by atoms with van der Waals surface area (Å²) in [4.78, 5) is 5.74. The van der Waals surface area contributed by atoms with Crippen LogP contribution >= 0.6 is 0 Å². The van der Waals surface area contributed by atoms with Crippen LogP contribution in [-0.2, 0) is 0 Å². The van der Waals surface area contributed by atoms with Gasteiger partial charge in [-0.1, -0.05) is 14.9 Å². The van der Waals surface area contributed by atoms with Crippen molar-refractivity contribution in [3.63, 3.8) is 0 Å². The van der Waals surface area contributed by atoms with Crippen LogP contribution in [0.4, 0.5) is 0 Å². The van der Waals surface area contributed by atoms with E-state index in [4.69, 9.17) is 13.1 Å². The number of rotatable bonds is 0. The molecule has 0 rings (SSSR count). The van der Waals surface area contributed by atoms with Gasteiger partial charge in [-0.15, -0.1) is 0 Å². The quantitative estimate of drug-likeness (QED) is 0.443. The van der Waals surface area contributed by atoms with Crippen molar-refractivity contribution in [2.45, 2.75) is 21.8 Å². The van der Waals surface area contributed by atoms with Crippen molar-refractivity contribution < 1.29 is 0 Å². The van der Waals surface area contributed by atoms with Gasteiger partial charge in [0.25, 0.3) is 0 Å². The summed E-state index contributed by atoms with van der Waals surface area (Å²) in [5.74, 6) is 0. The molecule has 0 radical (unpaired) electrons. The Kier molecular flexibility index (Phi) is 174. The molecule has 0 aromatic rings. The van der Waals surface area contributed by atoms with E-state index in [-0.39, 0.29) is 14.9 Å². The van der Waals surface area contributed by atoms with Crippen molar-refractivity contribution in [2.75, 3.05) is 13.6 Å². The Morgan fingerprint density at radius 3 is 1.33 bits per heavy atom. The van der Waals surface area contributed by atoms with Crippen LogP contribution in [0.1, 0.15) is 21.8 Å². The van der Waals surface area contributed by atoms with E-state index in [9.17, 15) is 0 Å². The van der Waals surface area contributed by atoms with Gasteiger partial charge in [-0.2, -0.15) is 0 Å². The summed E-state index contributed by atoms with van der Waals surface area (Å²) >= 11 is 0. The molecule has 9 heavy (non-hydrogen) atoms. The van der Waals surface area contributed by atoms with Gasteiger partial charge in [-0.05, 0) is 0 Å². The van der Waals surface area contributed by atoms with Crippen LogP contribution in [0.2, 0.25) is 0 Å².